The predicted molar refractivity (Wildman–Crippen MR) is 197 cm³/mol. The standard InChI is InChI=1S/C38H30N4O3S3/c1-25-12-8-9-17-28(25)22-31(40-35(43)27-15-6-3-7-16-27)36(44)39-29-18-10-19-30(23-29)48-34(26-13-4-2-5-14-26)37(45)42-38-41-32(24-47-38)33-20-11-21-46-33/h2-24,34H,1H3,(H,39,44)(H,40,43)(H,41,42,45)/b31-22-. The Balaban J connectivity index is 1.22. The summed E-state index contributed by atoms with van der Waals surface area (Å²) in [5, 5.41) is 12.6. The highest BCUT2D eigenvalue weighted by Gasteiger charge is 2.24. The molecule has 0 radical (unpaired) electrons. The van der Waals surface area contributed by atoms with Crippen molar-refractivity contribution in [3.8, 4) is 10.6 Å². The van der Waals surface area contributed by atoms with Crippen LogP contribution in [0, 0.1) is 6.92 Å². The zero-order valence-corrected chi connectivity index (χ0v) is 28.2. The smallest absolute Gasteiger partial charge is 0.272 e. The van der Waals surface area contributed by atoms with Crippen molar-refractivity contribution in [1.29, 1.82) is 0 Å². The molecule has 0 aliphatic heterocycles. The summed E-state index contributed by atoms with van der Waals surface area (Å²) in [5.41, 5.74) is 4.47. The Morgan fingerprint density at radius 2 is 1.54 bits per heavy atom. The summed E-state index contributed by atoms with van der Waals surface area (Å²) in [6, 6.07) is 37.2. The fourth-order valence-electron chi connectivity index (χ4n) is 4.77. The van der Waals surface area contributed by atoms with Crippen LogP contribution in [0.25, 0.3) is 16.6 Å². The molecule has 0 bridgehead atoms. The molecule has 6 aromatic rings. The number of hydrogen-bond donors (Lipinski definition) is 3. The number of anilines is 2. The van der Waals surface area contributed by atoms with Crippen LogP contribution >= 0.6 is 34.4 Å². The van der Waals surface area contributed by atoms with E-state index in [9.17, 15) is 14.4 Å². The van der Waals surface area contributed by atoms with Gasteiger partial charge >= 0.3 is 0 Å². The summed E-state index contributed by atoms with van der Waals surface area (Å²) in [7, 11) is 0. The van der Waals surface area contributed by atoms with Crippen molar-refractivity contribution >= 4 is 69.1 Å². The van der Waals surface area contributed by atoms with Gasteiger partial charge in [0.05, 0.1) is 10.6 Å². The lowest BCUT2D eigenvalue weighted by atomic mass is 10.1. The maximum absolute atomic E-state index is 13.7. The zero-order valence-electron chi connectivity index (χ0n) is 25.8. The van der Waals surface area contributed by atoms with Crippen LogP contribution in [0.4, 0.5) is 10.8 Å². The van der Waals surface area contributed by atoms with E-state index in [1.807, 2.05) is 109 Å². The van der Waals surface area contributed by atoms with Crippen molar-refractivity contribution in [2.45, 2.75) is 17.1 Å². The molecule has 0 saturated heterocycles. The molecule has 3 N–H and O–H groups in total. The molecule has 0 fully saturated rings. The van der Waals surface area contributed by atoms with Gasteiger partial charge in [-0.05, 0) is 71.5 Å². The van der Waals surface area contributed by atoms with Crippen LogP contribution in [0.15, 0.2) is 143 Å². The Hall–Kier alpha value is -5.29. The van der Waals surface area contributed by atoms with E-state index in [0.29, 0.717) is 16.4 Å². The number of thioether (sulfide) groups is 1. The van der Waals surface area contributed by atoms with Gasteiger partial charge in [-0.1, -0.05) is 84.9 Å². The Morgan fingerprint density at radius 1 is 0.792 bits per heavy atom. The summed E-state index contributed by atoms with van der Waals surface area (Å²) in [6.45, 7) is 1.94. The third-order valence-electron chi connectivity index (χ3n) is 7.21. The van der Waals surface area contributed by atoms with Gasteiger partial charge in [-0.3, -0.25) is 14.4 Å². The molecule has 4 aromatic carbocycles. The van der Waals surface area contributed by atoms with E-state index in [-0.39, 0.29) is 11.6 Å². The second-order valence-electron chi connectivity index (χ2n) is 10.6. The molecule has 2 heterocycles. The molecule has 0 spiro atoms. The van der Waals surface area contributed by atoms with E-state index in [0.717, 1.165) is 32.2 Å². The monoisotopic (exact) mass is 686 g/mol. The number of rotatable bonds is 11. The predicted octanol–water partition coefficient (Wildman–Crippen LogP) is 9.06. The first-order valence-electron chi connectivity index (χ1n) is 15.0. The largest absolute Gasteiger partial charge is 0.321 e. The minimum Gasteiger partial charge on any atom is -0.321 e. The van der Waals surface area contributed by atoms with Gasteiger partial charge < -0.3 is 16.0 Å². The molecule has 1 atom stereocenters. The molecule has 0 saturated carbocycles. The van der Waals surface area contributed by atoms with Gasteiger partial charge in [-0.15, -0.1) is 34.4 Å². The molecule has 238 valence electrons. The van der Waals surface area contributed by atoms with E-state index < -0.39 is 17.1 Å². The summed E-state index contributed by atoms with van der Waals surface area (Å²) < 4.78 is 0. The molecular weight excluding hydrogens is 657 g/mol. The summed E-state index contributed by atoms with van der Waals surface area (Å²) >= 11 is 4.35. The van der Waals surface area contributed by atoms with Gasteiger partial charge in [-0.25, -0.2) is 4.98 Å². The summed E-state index contributed by atoms with van der Waals surface area (Å²) in [6.07, 6.45) is 1.67. The van der Waals surface area contributed by atoms with Crippen molar-refractivity contribution < 1.29 is 14.4 Å². The maximum atomic E-state index is 13.7. The number of benzene rings is 4. The number of thiazole rings is 1. The first-order chi connectivity index (χ1) is 23.4. The van der Waals surface area contributed by atoms with Crippen LogP contribution in [-0.4, -0.2) is 22.7 Å². The molecule has 7 nitrogen and oxygen atoms in total. The van der Waals surface area contributed by atoms with Crippen LogP contribution < -0.4 is 16.0 Å². The Bertz CT molecular complexity index is 2060. The second-order valence-corrected chi connectivity index (χ2v) is 13.6. The first kappa shape index (κ1) is 32.6. The van der Waals surface area contributed by atoms with E-state index >= 15 is 0 Å². The third-order valence-corrected chi connectivity index (χ3v) is 10.1. The molecule has 0 aliphatic carbocycles. The second kappa shape index (κ2) is 15.5. The maximum Gasteiger partial charge on any atom is 0.272 e. The van der Waals surface area contributed by atoms with Crippen molar-refractivity contribution in [1.82, 2.24) is 10.3 Å². The van der Waals surface area contributed by atoms with Crippen LogP contribution in [0.2, 0.25) is 0 Å². The SMILES string of the molecule is Cc1ccccc1/C=C(\NC(=O)c1ccccc1)C(=O)Nc1cccc(SC(C(=O)Nc2nc(-c3cccs3)cs2)c2ccccc2)c1. The lowest BCUT2D eigenvalue weighted by Crippen LogP contribution is -2.30. The van der Waals surface area contributed by atoms with Crippen molar-refractivity contribution in [3.05, 3.63) is 160 Å². The van der Waals surface area contributed by atoms with Crippen molar-refractivity contribution in [3.63, 3.8) is 0 Å². The minimum absolute atomic E-state index is 0.100. The fourth-order valence-corrected chi connectivity index (χ4v) is 7.33. The normalized spacial score (nSPS) is 11.8. The number of aromatic nitrogens is 1. The van der Waals surface area contributed by atoms with Crippen LogP contribution in [-0.2, 0) is 9.59 Å². The molecule has 0 aliphatic rings. The van der Waals surface area contributed by atoms with E-state index in [2.05, 4.69) is 20.9 Å². The number of hydrogen-bond acceptors (Lipinski definition) is 7. The average molecular weight is 687 g/mol. The van der Waals surface area contributed by atoms with Gasteiger partial charge in [-0.2, -0.15) is 0 Å². The van der Waals surface area contributed by atoms with Gasteiger partial charge in [0.1, 0.15) is 10.9 Å². The Labute approximate surface area is 290 Å². The minimum atomic E-state index is -0.590. The number of carbonyl (C=O) groups is 3. The molecule has 1 unspecified atom stereocenters. The van der Waals surface area contributed by atoms with Crippen molar-refractivity contribution in [2.75, 3.05) is 10.6 Å². The molecule has 2 aromatic heterocycles. The quantitative estimate of drug-likeness (QED) is 0.0933. The molecular formula is C38H30N4O3S3. The number of amides is 3. The molecule has 48 heavy (non-hydrogen) atoms. The number of nitrogens with one attached hydrogen (secondary N) is 3. The van der Waals surface area contributed by atoms with E-state index in [1.165, 1.54) is 23.1 Å². The van der Waals surface area contributed by atoms with E-state index in [1.54, 1.807) is 47.7 Å². The van der Waals surface area contributed by atoms with Crippen LogP contribution in [0.3, 0.4) is 0 Å². The van der Waals surface area contributed by atoms with Crippen LogP contribution in [0.5, 0.6) is 0 Å². The highest BCUT2D eigenvalue weighted by molar-refractivity contribution is 8.00. The van der Waals surface area contributed by atoms with Gasteiger partial charge in [0.25, 0.3) is 11.8 Å². The zero-order chi connectivity index (χ0) is 33.3. The summed E-state index contributed by atoms with van der Waals surface area (Å²) in [5.74, 6) is -1.08. The fraction of sp³-hybridized carbons (Fsp3) is 0.0526. The number of nitrogens with zero attached hydrogens (tertiary/aromatic N) is 1. The van der Waals surface area contributed by atoms with E-state index in [4.69, 9.17) is 0 Å². The first-order valence-corrected chi connectivity index (χ1v) is 17.6. The van der Waals surface area contributed by atoms with Crippen LogP contribution in [0.1, 0.15) is 32.3 Å². The molecule has 3 amide bonds. The highest BCUT2D eigenvalue weighted by Crippen LogP contribution is 2.38. The molecule has 6 rings (SSSR count). The Morgan fingerprint density at radius 3 is 2.29 bits per heavy atom. The number of carbonyl (C=O) groups excluding carboxylic acids is 3. The Kier molecular flexibility index (Phi) is 10.6. The van der Waals surface area contributed by atoms with Gasteiger partial charge in [0.15, 0.2) is 5.13 Å². The highest BCUT2D eigenvalue weighted by atomic mass is 32.2. The van der Waals surface area contributed by atoms with Gasteiger partial charge in [0.2, 0.25) is 5.91 Å². The number of thiophene rings is 1. The summed E-state index contributed by atoms with van der Waals surface area (Å²) in [4.78, 5) is 46.9. The lowest BCUT2D eigenvalue weighted by molar-refractivity contribution is -0.116. The lowest BCUT2D eigenvalue weighted by Gasteiger charge is -2.17. The van der Waals surface area contributed by atoms with Crippen molar-refractivity contribution in [2.24, 2.45) is 0 Å². The number of aryl methyl sites for hydroxylation is 1. The average Bonchev–Trinajstić information content (AvgIpc) is 3.82. The van der Waals surface area contributed by atoms with Gasteiger partial charge in [0, 0.05) is 21.5 Å². The third kappa shape index (κ3) is 8.34. The topological polar surface area (TPSA) is 100 Å². The molecule has 10 heteroatoms.